The molecule has 0 aliphatic heterocycles. The maximum absolute atomic E-state index is 12.8. The number of carbonyl (C=O) groups excluding carboxylic acids is 1. The van der Waals surface area contributed by atoms with Crippen molar-refractivity contribution < 1.29 is 18.7 Å². The fourth-order valence-corrected chi connectivity index (χ4v) is 2.77. The average Bonchev–Trinajstić information content (AvgIpc) is 2.97. The Kier molecular flexibility index (Phi) is 5.51. The maximum Gasteiger partial charge on any atom is 0.306 e. The summed E-state index contributed by atoms with van der Waals surface area (Å²) in [5, 5.41) is 0. The van der Waals surface area contributed by atoms with E-state index in [0.717, 1.165) is 11.0 Å². The molecule has 2 aromatic carbocycles. The standard InChI is InChI=1S/C20H21FN2O3/c1-14(20-22-17-6-3-4-7-18(17)23(20)2)26-19(24)8-5-13-25-16-11-9-15(21)10-12-16/h3-4,6-7,9-12,14H,5,8,13H2,1-2H3. The van der Waals surface area contributed by atoms with Crippen LogP contribution in [0.4, 0.5) is 4.39 Å². The second-order valence-electron chi connectivity index (χ2n) is 6.06. The van der Waals surface area contributed by atoms with Crippen LogP contribution in [0.3, 0.4) is 0 Å². The predicted molar refractivity (Wildman–Crippen MR) is 96.4 cm³/mol. The molecule has 0 spiro atoms. The van der Waals surface area contributed by atoms with Crippen LogP contribution < -0.4 is 4.74 Å². The summed E-state index contributed by atoms with van der Waals surface area (Å²) in [5.74, 6) is 0.680. The van der Waals surface area contributed by atoms with E-state index in [1.807, 2.05) is 42.8 Å². The van der Waals surface area contributed by atoms with Gasteiger partial charge in [-0.25, -0.2) is 9.37 Å². The number of fused-ring (bicyclic) bond motifs is 1. The van der Waals surface area contributed by atoms with Gasteiger partial charge in [-0.15, -0.1) is 0 Å². The largest absolute Gasteiger partial charge is 0.494 e. The summed E-state index contributed by atoms with van der Waals surface area (Å²) in [6.07, 6.45) is 0.332. The van der Waals surface area contributed by atoms with Gasteiger partial charge in [0.25, 0.3) is 0 Å². The van der Waals surface area contributed by atoms with Crippen molar-refractivity contribution in [2.24, 2.45) is 7.05 Å². The summed E-state index contributed by atoms with van der Waals surface area (Å²) in [4.78, 5) is 16.6. The molecule has 0 saturated carbocycles. The van der Waals surface area contributed by atoms with Crippen LogP contribution in [0.15, 0.2) is 48.5 Å². The number of carbonyl (C=O) groups is 1. The molecule has 3 rings (SSSR count). The number of halogens is 1. The number of rotatable bonds is 7. The molecule has 0 amide bonds. The van der Waals surface area contributed by atoms with Crippen molar-refractivity contribution in [3.63, 3.8) is 0 Å². The van der Waals surface area contributed by atoms with Gasteiger partial charge >= 0.3 is 5.97 Å². The summed E-state index contributed by atoms with van der Waals surface area (Å²) in [6, 6.07) is 13.6. The van der Waals surface area contributed by atoms with E-state index in [9.17, 15) is 9.18 Å². The molecule has 1 atom stereocenters. The molecule has 3 aromatic rings. The number of aromatic nitrogens is 2. The Morgan fingerprint density at radius 2 is 1.92 bits per heavy atom. The van der Waals surface area contributed by atoms with Crippen LogP contribution in [0, 0.1) is 5.82 Å². The zero-order valence-electron chi connectivity index (χ0n) is 14.8. The Morgan fingerprint density at radius 1 is 1.19 bits per heavy atom. The fraction of sp³-hybridized carbons (Fsp3) is 0.300. The van der Waals surface area contributed by atoms with Gasteiger partial charge < -0.3 is 14.0 Å². The molecular weight excluding hydrogens is 335 g/mol. The number of esters is 1. The number of hydrogen-bond acceptors (Lipinski definition) is 4. The second kappa shape index (κ2) is 7.99. The molecule has 0 radical (unpaired) electrons. The second-order valence-corrected chi connectivity index (χ2v) is 6.06. The smallest absolute Gasteiger partial charge is 0.306 e. The zero-order chi connectivity index (χ0) is 18.5. The van der Waals surface area contributed by atoms with Crippen LogP contribution >= 0.6 is 0 Å². The minimum atomic E-state index is -0.432. The van der Waals surface area contributed by atoms with Crippen LogP contribution in [0.25, 0.3) is 11.0 Å². The van der Waals surface area contributed by atoms with Crippen LogP contribution in [0.5, 0.6) is 5.75 Å². The molecule has 0 fully saturated rings. The van der Waals surface area contributed by atoms with Gasteiger partial charge in [0, 0.05) is 13.5 Å². The molecule has 6 heteroatoms. The Labute approximate surface area is 151 Å². The molecule has 0 aliphatic rings. The summed E-state index contributed by atoms with van der Waals surface area (Å²) in [5.41, 5.74) is 1.87. The molecule has 5 nitrogen and oxygen atoms in total. The summed E-state index contributed by atoms with van der Waals surface area (Å²) in [6.45, 7) is 2.18. The number of nitrogens with zero attached hydrogens (tertiary/aromatic N) is 2. The molecule has 0 saturated heterocycles. The third-order valence-corrected chi connectivity index (χ3v) is 4.10. The highest BCUT2D eigenvalue weighted by Gasteiger charge is 2.18. The Hall–Kier alpha value is -2.89. The van der Waals surface area contributed by atoms with Gasteiger partial charge in [0.15, 0.2) is 11.9 Å². The SMILES string of the molecule is CC(OC(=O)CCCOc1ccc(F)cc1)c1nc2ccccc2n1C. The molecule has 1 heterocycles. The Morgan fingerprint density at radius 3 is 2.65 bits per heavy atom. The minimum Gasteiger partial charge on any atom is -0.494 e. The number of para-hydroxylation sites is 2. The molecule has 0 N–H and O–H groups in total. The van der Waals surface area contributed by atoms with Gasteiger partial charge in [0.1, 0.15) is 11.6 Å². The lowest BCUT2D eigenvalue weighted by molar-refractivity contribution is -0.149. The summed E-state index contributed by atoms with van der Waals surface area (Å²) >= 11 is 0. The number of imidazole rings is 1. The third kappa shape index (κ3) is 4.20. The van der Waals surface area contributed by atoms with Gasteiger partial charge in [-0.1, -0.05) is 12.1 Å². The first-order valence-corrected chi connectivity index (χ1v) is 8.54. The van der Waals surface area contributed by atoms with E-state index in [4.69, 9.17) is 9.47 Å². The van der Waals surface area contributed by atoms with Crippen LogP contribution in [-0.4, -0.2) is 22.1 Å². The minimum absolute atomic E-state index is 0.246. The van der Waals surface area contributed by atoms with Gasteiger partial charge in [0.2, 0.25) is 0 Å². The van der Waals surface area contributed by atoms with E-state index in [-0.39, 0.29) is 18.2 Å². The normalized spacial score (nSPS) is 12.1. The first-order valence-electron chi connectivity index (χ1n) is 8.54. The van der Waals surface area contributed by atoms with Crippen molar-refractivity contribution in [3.05, 3.63) is 60.2 Å². The van der Waals surface area contributed by atoms with Crippen molar-refractivity contribution in [3.8, 4) is 5.75 Å². The molecule has 1 unspecified atom stereocenters. The monoisotopic (exact) mass is 356 g/mol. The highest BCUT2D eigenvalue weighted by atomic mass is 19.1. The third-order valence-electron chi connectivity index (χ3n) is 4.10. The number of aryl methyl sites for hydroxylation is 1. The first-order chi connectivity index (χ1) is 12.5. The molecule has 0 aliphatic carbocycles. The number of benzene rings is 2. The average molecular weight is 356 g/mol. The van der Waals surface area contributed by atoms with E-state index in [1.54, 1.807) is 12.1 Å². The lowest BCUT2D eigenvalue weighted by atomic mass is 10.3. The highest BCUT2D eigenvalue weighted by molar-refractivity contribution is 5.76. The number of hydrogen-bond donors (Lipinski definition) is 0. The Balaban J connectivity index is 1.48. The summed E-state index contributed by atoms with van der Waals surface area (Å²) in [7, 11) is 1.91. The topological polar surface area (TPSA) is 53.4 Å². The van der Waals surface area contributed by atoms with Crippen LogP contribution in [-0.2, 0) is 16.6 Å². The van der Waals surface area contributed by atoms with Crippen molar-refractivity contribution in [1.82, 2.24) is 9.55 Å². The number of ether oxygens (including phenoxy) is 2. The van der Waals surface area contributed by atoms with E-state index in [0.29, 0.717) is 24.6 Å². The van der Waals surface area contributed by atoms with E-state index in [1.165, 1.54) is 12.1 Å². The van der Waals surface area contributed by atoms with Crippen molar-refractivity contribution >= 4 is 17.0 Å². The van der Waals surface area contributed by atoms with Gasteiger partial charge in [-0.2, -0.15) is 0 Å². The van der Waals surface area contributed by atoms with Crippen LogP contribution in [0.1, 0.15) is 31.7 Å². The van der Waals surface area contributed by atoms with Crippen molar-refractivity contribution in [1.29, 1.82) is 0 Å². The van der Waals surface area contributed by atoms with Crippen molar-refractivity contribution in [2.75, 3.05) is 6.61 Å². The van der Waals surface area contributed by atoms with E-state index in [2.05, 4.69) is 4.98 Å². The van der Waals surface area contributed by atoms with Gasteiger partial charge in [0.05, 0.1) is 17.6 Å². The zero-order valence-corrected chi connectivity index (χ0v) is 14.8. The quantitative estimate of drug-likeness (QED) is 0.471. The fourth-order valence-electron chi connectivity index (χ4n) is 2.77. The van der Waals surface area contributed by atoms with Gasteiger partial charge in [-0.05, 0) is 49.7 Å². The van der Waals surface area contributed by atoms with E-state index < -0.39 is 6.10 Å². The van der Waals surface area contributed by atoms with Gasteiger partial charge in [-0.3, -0.25) is 4.79 Å². The molecule has 26 heavy (non-hydrogen) atoms. The lowest BCUT2D eigenvalue weighted by Crippen LogP contribution is -2.13. The van der Waals surface area contributed by atoms with Crippen LogP contribution in [0.2, 0.25) is 0 Å². The summed E-state index contributed by atoms with van der Waals surface area (Å²) < 4.78 is 25.7. The van der Waals surface area contributed by atoms with Crippen molar-refractivity contribution in [2.45, 2.75) is 25.9 Å². The molecule has 1 aromatic heterocycles. The molecule has 0 bridgehead atoms. The Bertz CT molecular complexity index is 890. The molecule has 136 valence electrons. The maximum atomic E-state index is 12.8. The van der Waals surface area contributed by atoms with E-state index >= 15 is 0 Å². The first kappa shape index (κ1) is 17.9. The lowest BCUT2D eigenvalue weighted by Gasteiger charge is -2.13. The highest BCUT2D eigenvalue weighted by Crippen LogP contribution is 2.22. The molecular formula is C20H21FN2O3. The predicted octanol–water partition coefficient (Wildman–Crippen LogP) is 4.18.